The Morgan fingerprint density at radius 1 is 0.909 bits per heavy atom. The van der Waals surface area contributed by atoms with Crippen LogP contribution in [0.2, 0.25) is 0 Å². The van der Waals surface area contributed by atoms with E-state index in [1.165, 1.54) is 56.9 Å². The second kappa shape index (κ2) is 11.4. The predicted octanol–water partition coefficient (Wildman–Crippen LogP) is 5.39. The van der Waals surface area contributed by atoms with Gasteiger partial charge >= 0.3 is 0 Å². The van der Waals surface area contributed by atoms with Crippen molar-refractivity contribution in [2.24, 2.45) is 0 Å². The van der Waals surface area contributed by atoms with Crippen molar-refractivity contribution < 1.29 is 0 Å². The minimum atomic E-state index is 0.527. The van der Waals surface area contributed by atoms with E-state index in [9.17, 15) is 0 Å². The van der Waals surface area contributed by atoms with Gasteiger partial charge in [-0.1, -0.05) is 52.9 Å². The first-order chi connectivity index (χ1) is 10.7. The molecule has 0 saturated heterocycles. The maximum atomic E-state index is 4.65. The van der Waals surface area contributed by atoms with E-state index in [1.54, 1.807) is 0 Å². The van der Waals surface area contributed by atoms with Gasteiger partial charge in [0.15, 0.2) is 0 Å². The first kappa shape index (κ1) is 18.9. The molecule has 1 heterocycles. The van der Waals surface area contributed by atoms with Crippen molar-refractivity contribution in [1.82, 2.24) is 9.97 Å². The number of hydrogen-bond acceptors (Lipinski definition) is 3. The van der Waals surface area contributed by atoms with E-state index in [4.69, 9.17) is 0 Å². The molecular weight excluding hydrogens is 270 g/mol. The number of aromatic nitrogens is 2. The Morgan fingerprint density at radius 2 is 1.55 bits per heavy atom. The van der Waals surface area contributed by atoms with Gasteiger partial charge in [0, 0.05) is 25.0 Å². The van der Waals surface area contributed by atoms with E-state index < -0.39 is 0 Å². The number of aryl methyl sites for hydroxylation is 1. The molecule has 1 aromatic rings. The van der Waals surface area contributed by atoms with E-state index in [0.717, 1.165) is 18.9 Å². The maximum Gasteiger partial charge on any atom is 0.225 e. The van der Waals surface area contributed by atoms with Gasteiger partial charge in [-0.15, -0.1) is 0 Å². The third-order valence-corrected chi connectivity index (χ3v) is 4.28. The van der Waals surface area contributed by atoms with Crippen LogP contribution in [0.4, 0.5) is 5.95 Å². The van der Waals surface area contributed by atoms with Crippen molar-refractivity contribution >= 4 is 5.95 Å². The second-order valence-electron chi connectivity index (χ2n) is 6.39. The molecule has 0 saturated carbocycles. The van der Waals surface area contributed by atoms with Crippen LogP contribution >= 0.6 is 0 Å². The Hall–Kier alpha value is -1.12. The minimum Gasteiger partial charge on any atom is -0.338 e. The van der Waals surface area contributed by atoms with Gasteiger partial charge in [0.1, 0.15) is 0 Å². The summed E-state index contributed by atoms with van der Waals surface area (Å²) in [6.45, 7) is 10.1. The summed E-state index contributed by atoms with van der Waals surface area (Å²) in [5.74, 6) is 0.915. The normalized spacial score (nSPS) is 12.4. The molecular formula is C19H35N3. The Bertz CT molecular complexity index is 375. The van der Waals surface area contributed by atoms with Crippen molar-refractivity contribution in [2.45, 2.75) is 91.5 Å². The van der Waals surface area contributed by atoms with Crippen molar-refractivity contribution in [3.8, 4) is 0 Å². The summed E-state index contributed by atoms with van der Waals surface area (Å²) in [4.78, 5) is 11.7. The lowest BCUT2D eigenvalue weighted by Gasteiger charge is -2.29. The zero-order chi connectivity index (χ0) is 16.2. The van der Waals surface area contributed by atoms with Crippen LogP contribution in [-0.2, 0) is 6.42 Å². The zero-order valence-electron chi connectivity index (χ0n) is 15.1. The summed E-state index contributed by atoms with van der Waals surface area (Å²) >= 11 is 0. The highest BCUT2D eigenvalue weighted by Crippen LogP contribution is 2.17. The van der Waals surface area contributed by atoms with E-state index in [0.29, 0.717) is 6.04 Å². The molecule has 1 rings (SSSR count). The molecule has 0 aliphatic rings. The molecule has 0 amide bonds. The molecule has 0 aromatic carbocycles. The molecule has 0 fully saturated rings. The average Bonchev–Trinajstić information content (AvgIpc) is 2.54. The monoisotopic (exact) mass is 305 g/mol. The molecule has 1 atom stereocenters. The zero-order valence-corrected chi connectivity index (χ0v) is 15.1. The van der Waals surface area contributed by atoms with Crippen LogP contribution in [0.25, 0.3) is 0 Å². The lowest BCUT2D eigenvalue weighted by atomic mass is 10.1. The van der Waals surface area contributed by atoms with Gasteiger partial charge in [0.25, 0.3) is 0 Å². The summed E-state index contributed by atoms with van der Waals surface area (Å²) in [6, 6.07) is 0.527. The predicted molar refractivity (Wildman–Crippen MR) is 96.5 cm³/mol. The number of nitrogens with zero attached hydrogens (tertiary/aromatic N) is 3. The fourth-order valence-corrected chi connectivity index (χ4v) is 2.70. The molecule has 1 unspecified atom stereocenters. The molecule has 0 aliphatic carbocycles. The SMILES string of the molecule is CCCCCC(C)N(CCCC)c1ncc(CCCC)cn1. The fraction of sp³-hybridized carbons (Fsp3) is 0.789. The summed E-state index contributed by atoms with van der Waals surface area (Å²) in [7, 11) is 0. The molecule has 0 bridgehead atoms. The molecule has 0 N–H and O–H groups in total. The second-order valence-corrected chi connectivity index (χ2v) is 6.39. The average molecular weight is 306 g/mol. The first-order valence-electron chi connectivity index (χ1n) is 9.30. The van der Waals surface area contributed by atoms with Crippen molar-refractivity contribution in [3.05, 3.63) is 18.0 Å². The topological polar surface area (TPSA) is 29.0 Å². The van der Waals surface area contributed by atoms with Crippen molar-refractivity contribution in [2.75, 3.05) is 11.4 Å². The van der Waals surface area contributed by atoms with Crippen LogP contribution in [0.3, 0.4) is 0 Å². The molecule has 3 nitrogen and oxygen atoms in total. The molecule has 126 valence electrons. The number of hydrogen-bond donors (Lipinski definition) is 0. The fourth-order valence-electron chi connectivity index (χ4n) is 2.70. The Morgan fingerprint density at radius 3 is 2.14 bits per heavy atom. The van der Waals surface area contributed by atoms with Crippen LogP contribution in [-0.4, -0.2) is 22.6 Å². The van der Waals surface area contributed by atoms with Gasteiger partial charge in [0.05, 0.1) is 0 Å². The van der Waals surface area contributed by atoms with Crippen LogP contribution in [0, 0.1) is 0 Å². The van der Waals surface area contributed by atoms with Gasteiger partial charge in [0.2, 0.25) is 5.95 Å². The summed E-state index contributed by atoms with van der Waals surface area (Å²) < 4.78 is 0. The molecule has 0 radical (unpaired) electrons. The third kappa shape index (κ3) is 6.76. The number of rotatable bonds is 12. The standard InChI is InChI=1S/C19H35N3/c1-5-8-11-12-17(4)22(14-10-7-3)19-20-15-18(16-21-19)13-9-6-2/h15-17H,5-14H2,1-4H3. The third-order valence-electron chi connectivity index (χ3n) is 4.28. The molecule has 1 aromatic heterocycles. The number of anilines is 1. The van der Waals surface area contributed by atoms with Gasteiger partial charge in [-0.25, -0.2) is 9.97 Å². The van der Waals surface area contributed by atoms with E-state index >= 15 is 0 Å². The number of unbranched alkanes of at least 4 members (excludes halogenated alkanes) is 4. The lowest BCUT2D eigenvalue weighted by molar-refractivity contribution is 0.529. The summed E-state index contributed by atoms with van der Waals surface area (Å²) in [5.41, 5.74) is 1.26. The summed E-state index contributed by atoms with van der Waals surface area (Å²) in [6.07, 6.45) is 15.1. The Kier molecular flexibility index (Phi) is 9.85. The Balaban J connectivity index is 2.68. The smallest absolute Gasteiger partial charge is 0.225 e. The van der Waals surface area contributed by atoms with Crippen molar-refractivity contribution in [1.29, 1.82) is 0 Å². The minimum absolute atomic E-state index is 0.527. The largest absolute Gasteiger partial charge is 0.338 e. The van der Waals surface area contributed by atoms with Gasteiger partial charge in [-0.05, 0) is 38.2 Å². The highest BCUT2D eigenvalue weighted by Gasteiger charge is 2.16. The first-order valence-corrected chi connectivity index (χ1v) is 9.30. The molecule has 0 aliphatic heterocycles. The van der Waals surface area contributed by atoms with Crippen LogP contribution in [0.5, 0.6) is 0 Å². The summed E-state index contributed by atoms with van der Waals surface area (Å²) in [5, 5.41) is 0. The highest BCUT2D eigenvalue weighted by atomic mass is 15.3. The maximum absolute atomic E-state index is 4.65. The quantitative estimate of drug-likeness (QED) is 0.484. The molecule has 3 heteroatoms. The Labute approximate surface area is 137 Å². The van der Waals surface area contributed by atoms with Gasteiger partial charge in [-0.3, -0.25) is 0 Å². The van der Waals surface area contributed by atoms with Gasteiger partial charge < -0.3 is 4.90 Å². The molecule has 0 spiro atoms. The van der Waals surface area contributed by atoms with Gasteiger partial charge in [-0.2, -0.15) is 0 Å². The van der Waals surface area contributed by atoms with Crippen LogP contribution < -0.4 is 4.90 Å². The van der Waals surface area contributed by atoms with E-state index in [2.05, 4.69) is 42.6 Å². The highest BCUT2D eigenvalue weighted by molar-refractivity contribution is 5.31. The van der Waals surface area contributed by atoms with Crippen LogP contribution in [0.15, 0.2) is 12.4 Å². The van der Waals surface area contributed by atoms with E-state index in [-0.39, 0.29) is 0 Å². The lowest BCUT2D eigenvalue weighted by Crippen LogP contribution is -2.35. The van der Waals surface area contributed by atoms with E-state index in [1.807, 2.05) is 12.4 Å². The van der Waals surface area contributed by atoms with Crippen LogP contribution in [0.1, 0.15) is 84.6 Å². The molecule has 22 heavy (non-hydrogen) atoms. The van der Waals surface area contributed by atoms with Crippen molar-refractivity contribution in [3.63, 3.8) is 0 Å².